The zero-order chi connectivity index (χ0) is 31.9. The van der Waals surface area contributed by atoms with E-state index in [1.165, 1.54) is 35.2 Å². The molecule has 3 aromatic rings. The minimum Gasteiger partial charge on any atom is -0.497 e. The number of ether oxygens (including phenoxy) is 1. The summed E-state index contributed by atoms with van der Waals surface area (Å²) in [6.07, 6.45) is 5.37. The molecular formula is C33H39Cl2N3O5S. The maximum absolute atomic E-state index is 14.3. The topological polar surface area (TPSA) is 96.0 Å². The number of anilines is 1. The van der Waals surface area contributed by atoms with E-state index in [0.29, 0.717) is 12.2 Å². The van der Waals surface area contributed by atoms with Crippen molar-refractivity contribution < 1.29 is 22.7 Å². The molecule has 2 amide bonds. The number of aryl methyl sites for hydroxylation is 1. The van der Waals surface area contributed by atoms with E-state index >= 15 is 0 Å². The quantitative estimate of drug-likeness (QED) is 0.232. The average molecular weight is 661 g/mol. The number of methoxy groups -OCH3 is 1. The van der Waals surface area contributed by atoms with Crippen LogP contribution in [-0.4, -0.2) is 50.9 Å². The first kappa shape index (κ1) is 33.6. The van der Waals surface area contributed by atoms with Gasteiger partial charge in [-0.15, -0.1) is 0 Å². The van der Waals surface area contributed by atoms with Crippen molar-refractivity contribution in [1.82, 2.24) is 10.2 Å². The maximum Gasteiger partial charge on any atom is 0.264 e. The molecule has 0 bridgehead atoms. The first-order valence-electron chi connectivity index (χ1n) is 14.8. The summed E-state index contributed by atoms with van der Waals surface area (Å²) in [4.78, 5) is 29.5. The number of benzene rings is 3. The average Bonchev–Trinajstić information content (AvgIpc) is 3.00. The SMILES string of the molecule is CCC(C(=O)NC1CCCCC1)N(Cc1ccc(OC)cc1)C(=O)CN(c1cc(Cl)cc(Cl)c1)S(=O)(=O)c1ccc(C)cc1. The third-order valence-electron chi connectivity index (χ3n) is 7.87. The van der Waals surface area contributed by atoms with E-state index in [-0.39, 0.29) is 39.1 Å². The summed E-state index contributed by atoms with van der Waals surface area (Å²) in [5.74, 6) is -0.139. The molecule has 0 aliphatic heterocycles. The lowest BCUT2D eigenvalue weighted by Crippen LogP contribution is -2.54. The first-order chi connectivity index (χ1) is 21.0. The Morgan fingerprint density at radius 1 is 0.955 bits per heavy atom. The summed E-state index contributed by atoms with van der Waals surface area (Å²) in [5, 5.41) is 3.59. The van der Waals surface area contributed by atoms with Crippen LogP contribution in [0.2, 0.25) is 10.0 Å². The number of hydrogen-bond acceptors (Lipinski definition) is 5. The molecule has 3 aromatic carbocycles. The molecule has 1 fully saturated rings. The van der Waals surface area contributed by atoms with Gasteiger partial charge in [-0.3, -0.25) is 13.9 Å². The molecule has 1 unspecified atom stereocenters. The van der Waals surface area contributed by atoms with Crippen LogP contribution in [0.3, 0.4) is 0 Å². The van der Waals surface area contributed by atoms with Gasteiger partial charge in [0.2, 0.25) is 11.8 Å². The van der Waals surface area contributed by atoms with Gasteiger partial charge in [-0.2, -0.15) is 0 Å². The number of carbonyl (C=O) groups excluding carboxylic acids is 2. The second-order valence-corrected chi connectivity index (χ2v) is 13.8. The highest BCUT2D eigenvalue weighted by atomic mass is 35.5. The number of amides is 2. The molecule has 1 saturated carbocycles. The fourth-order valence-electron chi connectivity index (χ4n) is 5.44. The molecule has 1 atom stereocenters. The monoisotopic (exact) mass is 659 g/mol. The van der Waals surface area contributed by atoms with E-state index in [9.17, 15) is 18.0 Å². The van der Waals surface area contributed by atoms with Crippen LogP contribution in [0.15, 0.2) is 71.6 Å². The van der Waals surface area contributed by atoms with Crippen LogP contribution in [0.4, 0.5) is 5.69 Å². The van der Waals surface area contributed by atoms with Crippen LogP contribution in [0.25, 0.3) is 0 Å². The van der Waals surface area contributed by atoms with Gasteiger partial charge in [0, 0.05) is 22.6 Å². The van der Waals surface area contributed by atoms with E-state index in [0.717, 1.165) is 47.5 Å². The first-order valence-corrected chi connectivity index (χ1v) is 17.0. The summed E-state index contributed by atoms with van der Waals surface area (Å²) in [5.41, 5.74) is 1.79. The van der Waals surface area contributed by atoms with E-state index < -0.39 is 28.5 Å². The number of hydrogen-bond donors (Lipinski definition) is 1. The van der Waals surface area contributed by atoms with Crippen molar-refractivity contribution >= 4 is 50.7 Å². The molecule has 0 aromatic heterocycles. The summed E-state index contributed by atoms with van der Waals surface area (Å²) < 4.78 is 34.4. The fourth-order valence-corrected chi connectivity index (χ4v) is 7.35. The Kier molecular flexibility index (Phi) is 11.6. The minimum atomic E-state index is -4.24. The second-order valence-electron chi connectivity index (χ2n) is 11.1. The van der Waals surface area contributed by atoms with Crippen molar-refractivity contribution in [1.29, 1.82) is 0 Å². The summed E-state index contributed by atoms with van der Waals surface area (Å²) in [6, 6.07) is 17.2. The lowest BCUT2D eigenvalue weighted by atomic mass is 9.95. The Morgan fingerprint density at radius 3 is 2.14 bits per heavy atom. The molecule has 4 rings (SSSR count). The van der Waals surface area contributed by atoms with Crippen LogP contribution in [-0.2, 0) is 26.2 Å². The molecule has 0 saturated heterocycles. The van der Waals surface area contributed by atoms with Gasteiger partial charge >= 0.3 is 0 Å². The Hall–Kier alpha value is -3.27. The van der Waals surface area contributed by atoms with E-state index in [1.807, 2.05) is 26.0 Å². The smallest absolute Gasteiger partial charge is 0.264 e. The van der Waals surface area contributed by atoms with Gasteiger partial charge in [-0.1, -0.05) is 79.2 Å². The largest absolute Gasteiger partial charge is 0.497 e. The minimum absolute atomic E-state index is 0.00999. The van der Waals surface area contributed by atoms with Gasteiger partial charge in [-0.25, -0.2) is 8.42 Å². The maximum atomic E-state index is 14.3. The molecule has 0 heterocycles. The molecule has 236 valence electrons. The fraction of sp³-hybridized carbons (Fsp3) is 0.394. The summed E-state index contributed by atoms with van der Waals surface area (Å²) in [6.45, 7) is 3.22. The van der Waals surface area contributed by atoms with Crippen LogP contribution in [0.1, 0.15) is 56.6 Å². The number of carbonyl (C=O) groups is 2. The van der Waals surface area contributed by atoms with Crippen molar-refractivity contribution in [2.45, 2.75) is 75.9 Å². The molecule has 8 nitrogen and oxygen atoms in total. The molecule has 0 radical (unpaired) electrons. The van der Waals surface area contributed by atoms with Crippen LogP contribution in [0, 0.1) is 6.92 Å². The third-order valence-corrected chi connectivity index (χ3v) is 10.1. The van der Waals surface area contributed by atoms with Crippen LogP contribution >= 0.6 is 23.2 Å². The van der Waals surface area contributed by atoms with Crippen LogP contribution < -0.4 is 14.4 Å². The zero-order valence-electron chi connectivity index (χ0n) is 25.3. The molecule has 11 heteroatoms. The van der Waals surface area contributed by atoms with Gasteiger partial charge in [-0.05, 0) is 74.2 Å². The lowest BCUT2D eigenvalue weighted by Gasteiger charge is -2.34. The molecule has 0 spiro atoms. The predicted molar refractivity (Wildman–Crippen MR) is 175 cm³/mol. The number of rotatable bonds is 12. The van der Waals surface area contributed by atoms with Gasteiger partial charge in [0.1, 0.15) is 18.3 Å². The van der Waals surface area contributed by atoms with Gasteiger partial charge in [0.15, 0.2) is 0 Å². The summed E-state index contributed by atoms with van der Waals surface area (Å²) >= 11 is 12.6. The van der Waals surface area contributed by atoms with Gasteiger partial charge in [0.05, 0.1) is 17.7 Å². The molecule has 44 heavy (non-hydrogen) atoms. The number of halogens is 2. The highest BCUT2D eigenvalue weighted by molar-refractivity contribution is 7.92. The van der Waals surface area contributed by atoms with Gasteiger partial charge < -0.3 is 15.0 Å². The van der Waals surface area contributed by atoms with E-state index in [2.05, 4.69) is 5.32 Å². The second kappa shape index (κ2) is 15.1. The highest BCUT2D eigenvalue weighted by Crippen LogP contribution is 2.30. The lowest BCUT2D eigenvalue weighted by molar-refractivity contribution is -0.140. The Labute approximate surface area is 270 Å². The molecular weight excluding hydrogens is 621 g/mol. The predicted octanol–water partition coefficient (Wildman–Crippen LogP) is 6.76. The number of nitrogens with zero attached hydrogens (tertiary/aromatic N) is 2. The Balaban J connectivity index is 1.73. The highest BCUT2D eigenvalue weighted by Gasteiger charge is 2.34. The van der Waals surface area contributed by atoms with Crippen molar-refractivity contribution in [2.75, 3.05) is 18.0 Å². The zero-order valence-corrected chi connectivity index (χ0v) is 27.6. The summed E-state index contributed by atoms with van der Waals surface area (Å²) in [7, 11) is -2.67. The third kappa shape index (κ3) is 8.46. The van der Waals surface area contributed by atoms with Crippen molar-refractivity contribution in [3.8, 4) is 5.75 Å². The number of sulfonamides is 1. The van der Waals surface area contributed by atoms with Crippen molar-refractivity contribution in [3.63, 3.8) is 0 Å². The van der Waals surface area contributed by atoms with Crippen LogP contribution in [0.5, 0.6) is 5.75 Å². The molecule has 1 aliphatic rings. The van der Waals surface area contributed by atoms with Crippen molar-refractivity contribution in [3.05, 3.63) is 87.9 Å². The van der Waals surface area contributed by atoms with E-state index in [1.54, 1.807) is 31.4 Å². The van der Waals surface area contributed by atoms with Crippen molar-refractivity contribution in [2.24, 2.45) is 0 Å². The standard InChI is InChI=1S/C33H39Cl2N3O5S/c1-4-31(33(40)36-27-8-6-5-7-9-27)37(21-24-12-14-29(43-3)15-13-24)32(39)22-38(28-19-25(34)18-26(35)20-28)44(41,42)30-16-10-23(2)11-17-30/h10-20,27,31H,4-9,21-22H2,1-3H3,(H,36,40). The number of nitrogens with one attached hydrogen (secondary N) is 1. The van der Waals surface area contributed by atoms with E-state index in [4.69, 9.17) is 27.9 Å². The molecule has 1 N–H and O–H groups in total. The Bertz CT molecular complexity index is 1520. The Morgan fingerprint density at radius 2 is 1.57 bits per heavy atom. The van der Waals surface area contributed by atoms with Gasteiger partial charge in [0.25, 0.3) is 10.0 Å². The molecule has 1 aliphatic carbocycles. The normalized spacial score (nSPS) is 14.5.